The molecule has 0 fully saturated rings. The van der Waals surface area contributed by atoms with Crippen LogP contribution in [-0.2, 0) is 12.7 Å². The van der Waals surface area contributed by atoms with Crippen molar-refractivity contribution >= 4 is 35.0 Å². The summed E-state index contributed by atoms with van der Waals surface area (Å²) in [6.07, 6.45) is 0.801. The lowest BCUT2D eigenvalue weighted by atomic mass is 10.2. The van der Waals surface area contributed by atoms with Crippen molar-refractivity contribution in [2.45, 2.75) is 22.9 Å². The number of hydrogen-bond acceptors (Lipinski definition) is 3. The Morgan fingerprint density at radius 2 is 1.86 bits per heavy atom. The molecule has 2 aromatic carbocycles. The van der Waals surface area contributed by atoms with Crippen LogP contribution in [0.1, 0.15) is 5.56 Å². The summed E-state index contributed by atoms with van der Waals surface area (Å²) in [4.78, 5) is 4.73. The van der Waals surface area contributed by atoms with Crippen LogP contribution in [0.5, 0.6) is 5.75 Å². The third-order valence-electron chi connectivity index (χ3n) is 3.78. The Bertz CT molecular complexity index is 903. The summed E-state index contributed by atoms with van der Waals surface area (Å²) in [6, 6.07) is 10.0. The second-order valence-corrected chi connectivity index (χ2v) is 8.12. The second kappa shape index (κ2) is 9.11. The predicted octanol–water partition coefficient (Wildman–Crippen LogP) is 6.45. The molecule has 1 heterocycles. The summed E-state index contributed by atoms with van der Waals surface area (Å²) in [5.74, 6) is 0.495. The van der Waals surface area contributed by atoms with E-state index in [0.717, 1.165) is 12.1 Å². The number of nitrogens with zero attached hydrogens (tertiary/aromatic N) is 2. The zero-order chi connectivity index (χ0) is 20.1. The van der Waals surface area contributed by atoms with Crippen LogP contribution in [0.25, 0.3) is 0 Å². The fourth-order valence-electron chi connectivity index (χ4n) is 2.44. The Morgan fingerprint density at radius 1 is 1.11 bits per heavy atom. The first-order chi connectivity index (χ1) is 13.3. The molecule has 1 atom stereocenters. The Labute approximate surface area is 174 Å². The number of thioether (sulfide) groups is 1. The van der Waals surface area contributed by atoms with Crippen LogP contribution in [-0.4, -0.2) is 21.4 Å². The van der Waals surface area contributed by atoms with Gasteiger partial charge in [-0.25, -0.2) is 4.98 Å². The van der Waals surface area contributed by atoms with Gasteiger partial charge in [-0.05, 0) is 42.5 Å². The van der Waals surface area contributed by atoms with Gasteiger partial charge in [0.1, 0.15) is 12.4 Å². The van der Waals surface area contributed by atoms with Crippen molar-refractivity contribution in [2.75, 3.05) is 6.61 Å². The largest absolute Gasteiger partial charge is 0.491 e. The van der Waals surface area contributed by atoms with Gasteiger partial charge < -0.3 is 9.30 Å². The number of ether oxygens (including phenoxy) is 1. The van der Waals surface area contributed by atoms with Gasteiger partial charge in [-0.2, -0.15) is 13.2 Å². The van der Waals surface area contributed by atoms with E-state index in [4.69, 9.17) is 27.9 Å². The minimum atomic E-state index is -4.35. The van der Waals surface area contributed by atoms with Gasteiger partial charge in [0.05, 0.1) is 22.2 Å². The van der Waals surface area contributed by atoms with Crippen molar-refractivity contribution in [1.29, 1.82) is 0 Å². The number of rotatable bonds is 7. The van der Waals surface area contributed by atoms with Gasteiger partial charge in [0.25, 0.3) is 0 Å². The van der Waals surface area contributed by atoms with Gasteiger partial charge in [0.2, 0.25) is 0 Å². The Kier molecular flexibility index (Phi) is 6.80. The van der Waals surface area contributed by atoms with Crippen LogP contribution >= 0.6 is 35.0 Å². The molecule has 0 bridgehead atoms. The lowest BCUT2D eigenvalue weighted by molar-refractivity contribution is -0.137. The molecule has 0 aliphatic carbocycles. The van der Waals surface area contributed by atoms with Crippen molar-refractivity contribution in [3.63, 3.8) is 0 Å². The molecule has 9 heteroatoms. The molecular weight excluding hydrogens is 432 g/mol. The first kappa shape index (κ1) is 20.9. The highest BCUT2D eigenvalue weighted by molar-refractivity contribution is 8.00. The molecule has 0 amide bonds. The molecule has 3 nitrogen and oxygen atoms in total. The Balaban J connectivity index is 1.71. The van der Waals surface area contributed by atoms with Crippen LogP contribution in [0, 0.1) is 0 Å². The van der Waals surface area contributed by atoms with Crippen molar-refractivity contribution in [3.05, 3.63) is 76.8 Å². The highest BCUT2D eigenvalue weighted by Crippen LogP contribution is 2.33. The molecule has 1 aromatic heterocycles. The predicted molar refractivity (Wildman–Crippen MR) is 105 cm³/mol. The number of imidazole rings is 1. The van der Waals surface area contributed by atoms with Gasteiger partial charge in [-0.3, -0.25) is 0 Å². The number of halogens is 5. The maximum Gasteiger partial charge on any atom is 0.416 e. The molecule has 0 radical (unpaired) electrons. The average Bonchev–Trinajstić information content (AvgIpc) is 3.13. The van der Waals surface area contributed by atoms with E-state index in [1.165, 1.54) is 23.9 Å². The minimum absolute atomic E-state index is 0.0855. The van der Waals surface area contributed by atoms with Gasteiger partial charge in [-0.1, -0.05) is 23.2 Å². The van der Waals surface area contributed by atoms with Crippen LogP contribution in [0.2, 0.25) is 10.0 Å². The van der Waals surface area contributed by atoms with Crippen LogP contribution < -0.4 is 4.74 Å². The maximum atomic E-state index is 12.7. The Hall–Kier alpha value is -1.83. The molecule has 0 spiro atoms. The molecule has 3 rings (SSSR count). The van der Waals surface area contributed by atoms with Gasteiger partial charge in [0, 0.05) is 28.9 Å². The normalized spacial score (nSPS) is 12.8. The molecule has 0 aliphatic rings. The molecule has 28 heavy (non-hydrogen) atoms. The fourth-order valence-corrected chi connectivity index (χ4v) is 3.97. The second-order valence-electron chi connectivity index (χ2n) is 5.91. The van der Waals surface area contributed by atoms with Gasteiger partial charge in [0.15, 0.2) is 0 Å². The van der Waals surface area contributed by atoms with Crippen LogP contribution in [0.3, 0.4) is 0 Å². The molecule has 148 valence electrons. The summed E-state index contributed by atoms with van der Waals surface area (Å²) >= 11 is 13.5. The zero-order valence-electron chi connectivity index (χ0n) is 14.4. The first-order valence-corrected chi connectivity index (χ1v) is 9.82. The van der Waals surface area contributed by atoms with E-state index < -0.39 is 11.7 Å². The highest BCUT2D eigenvalue weighted by Gasteiger charge is 2.30. The monoisotopic (exact) mass is 446 g/mol. The van der Waals surface area contributed by atoms with E-state index in [-0.39, 0.29) is 5.25 Å². The maximum absolute atomic E-state index is 12.7. The van der Waals surface area contributed by atoms with Crippen molar-refractivity contribution < 1.29 is 17.9 Å². The van der Waals surface area contributed by atoms with Crippen molar-refractivity contribution in [1.82, 2.24) is 9.55 Å². The van der Waals surface area contributed by atoms with E-state index in [1.807, 2.05) is 10.8 Å². The van der Waals surface area contributed by atoms with Gasteiger partial charge >= 0.3 is 6.18 Å². The summed E-state index contributed by atoms with van der Waals surface area (Å²) in [7, 11) is 0. The standard InChI is InChI=1S/C19H15Cl2F3N2OS/c20-14-3-6-18(17(21)9-14)27-11-16(10-26-8-7-25-12-26)28-15-4-1-13(2-5-15)19(22,23)24/h1-9,12,16H,10-11H2. The third kappa shape index (κ3) is 5.83. The molecule has 1 unspecified atom stereocenters. The molecular formula is C19H15Cl2F3N2OS. The first-order valence-electron chi connectivity index (χ1n) is 8.19. The molecule has 0 saturated heterocycles. The number of benzene rings is 2. The number of alkyl halides is 3. The van der Waals surface area contributed by atoms with Crippen LogP contribution in [0.15, 0.2) is 66.1 Å². The molecule has 0 aliphatic heterocycles. The van der Waals surface area contributed by atoms with Gasteiger partial charge in [-0.15, -0.1) is 11.8 Å². The quantitative estimate of drug-likeness (QED) is 0.390. The smallest absolute Gasteiger partial charge is 0.416 e. The summed E-state index contributed by atoms with van der Waals surface area (Å²) < 4.78 is 46.0. The lowest BCUT2D eigenvalue weighted by Crippen LogP contribution is -2.20. The number of hydrogen-bond donors (Lipinski definition) is 0. The van der Waals surface area contributed by atoms with E-state index in [2.05, 4.69) is 4.98 Å². The lowest BCUT2D eigenvalue weighted by Gasteiger charge is -2.19. The van der Waals surface area contributed by atoms with Crippen molar-refractivity contribution in [3.8, 4) is 5.75 Å². The van der Waals surface area contributed by atoms with E-state index in [1.54, 1.807) is 30.7 Å². The third-order valence-corrected chi connectivity index (χ3v) is 5.47. The SMILES string of the molecule is FC(F)(F)c1ccc(SC(COc2ccc(Cl)cc2Cl)Cn2ccnc2)cc1. The van der Waals surface area contributed by atoms with E-state index in [9.17, 15) is 13.2 Å². The van der Waals surface area contributed by atoms with E-state index in [0.29, 0.717) is 33.8 Å². The molecule has 3 aromatic rings. The Morgan fingerprint density at radius 3 is 2.46 bits per heavy atom. The highest BCUT2D eigenvalue weighted by atomic mass is 35.5. The number of aromatic nitrogens is 2. The van der Waals surface area contributed by atoms with Crippen LogP contribution in [0.4, 0.5) is 13.2 Å². The molecule has 0 saturated carbocycles. The minimum Gasteiger partial charge on any atom is -0.491 e. The average molecular weight is 447 g/mol. The topological polar surface area (TPSA) is 27.1 Å². The van der Waals surface area contributed by atoms with Crippen molar-refractivity contribution in [2.24, 2.45) is 0 Å². The summed E-state index contributed by atoms with van der Waals surface area (Å²) in [5.41, 5.74) is -0.674. The zero-order valence-corrected chi connectivity index (χ0v) is 16.7. The molecule has 0 N–H and O–H groups in total. The van der Waals surface area contributed by atoms with E-state index >= 15 is 0 Å². The summed E-state index contributed by atoms with van der Waals surface area (Å²) in [5, 5.41) is 0.817. The summed E-state index contributed by atoms with van der Waals surface area (Å²) in [6.45, 7) is 0.863. The fraction of sp³-hybridized carbons (Fsp3) is 0.211.